The van der Waals surface area contributed by atoms with Gasteiger partial charge >= 0.3 is 0 Å². The molecule has 0 bridgehead atoms. The van der Waals surface area contributed by atoms with Gasteiger partial charge in [-0.05, 0) is 31.9 Å². The number of rotatable bonds is 4. The molecule has 4 heteroatoms. The molecule has 0 spiro atoms. The first-order valence-corrected chi connectivity index (χ1v) is 8.06. The van der Waals surface area contributed by atoms with Crippen molar-refractivity contribution in [3.63, 3.8) is 0 Å². The van der Waals surface area contributed by atoms with Gasteiger partial charge in [0.2, 0.25) is 0 Å². The highest BCUT2D eigenvalue weighted by Crippen LogP contribution is 2.25. The molecule has 2 fully saturated rings. The Morgan fingerprint density at radius 1 is 1.30 bits per heavy atom. The van der Waals surface area contributed by atoms with Crippen molar-refractivity contribution in [1.29, 1.82) is 0 Å². The second-order valence-corrected chi connectivity index (χ2v) is 5.96. The Bertz CT molecular complexity index is 434. The van der Waals surface area contributed by atoms with E-state index in [2.05, 4.69) is 39.2 Å². The summed E-state index contributed by atoms with van der Waals surface area (Å²) in [6.45, 7) is 8.01. The number of nitrogens with one attached hydrogen (secondary N) is 1. The molecule has 1 atom stereocenters. The quantitative estimate of drug-likeness (QED) is 0.914. The van der Waals surface area contributed by atoms with Gasteiger partial charge in [-0.3, -0.25) is 4.90 Å². The summed E-state index contributed by atoms with van der Waals surface area (Å²) in [5.74, 6) is 1.01. The molecule has 1 unspecified atom stereocenters. The van der Waals surface area contributed by atoms with Crippen molar-refractivity contribution >= 4 is 11.5 Å². The van der Waals surface area contributed by atoms with Crippen LogP contribution in [-0.2, 0) is 0 Å². The molecule has 2 aliphatic rings. The third-order valence-electron chi connectivity index (χ3n) is 4.50. The van der Waals surface area contributed by atoms with E-state index in [9.17, 15) is 0 Å². The predicted octanol–water partition coefficient (Wildman–Crippen LogP) is 2.58. The van der Waals surface area contributed by atoms with E-state index in [4.69, 9.17) is 0 Å². The molecular formula is C16H26N4. The van der Waals surface area contributed by atoms with E-state index in [0.29, 0.717) is 0 Å². The van der Waals surface area contributed by atoms with Gasteiger partial charge in [-0.2, -0.15) is 0 Å². The predicted molar refractivity (Wildman–Crippen MR) is 84.4 cm³/mol. The highest BCUT2D eigenvalue weighted by molar-refractivity contribution is 5.54. The van der Waals surface area contributed by atoms with Crippen LogP contribution >= 0.6 is 0 Å². The number of piperazine rings is 1. The molecule has 4 nitrogen and oxygen atoms in total. The van der Waals surface area contributed by atoms with Crippen LogP contribution in [0.2, 0.25) is 0 Å². The van der Waals surface area contributed by atoms with Crippen molar-refractivity contribution in [2.45, 2.75) is 38.6 Å². The minimum atomic E-state index is 0.762. The van der Waals surface area contributed by atoms with Crippen LogP contribution < -0.4 is 10.2 Å². The van der Waals surface area contributed by atoms with Gasteiger partial charge in [0.25, 0.3) is 0 Å². The average Bonchev–Trinajstić information content (AvgIpc) is 2.53. The summed E-state index contributed by atoms with van der Waals surface area (Å²) in [4.78, 5) is 9.62. The van der Waals surface area contributed by atoms with E-state index in [1.807, 2.05) is 6.20 Å². The van der Waals surface area contributed by atoms with Crippen molar-refractivity contribution in [3.8, 4) is 0 Å². The highest BCUT2D eigenvalue weighted by atomic mass is 15.3. The van der Waals surface area contributed by atoms with Gasteiger partial charge < -0.3 is 10.2 Å². The van der Waals surface area contributed by atoms with Crippen LogP contribution in [0.25, 0.3) is 0 Å². The largest absolute Gasteiger partial charge is 0.370 e. The van der Waals surface area contributed by atoms with Gasteiger partial charge in [-0.25, -0.2) is 4.98 Å². The van der Waals surface area contributed by atoms with Crippen LogP contribution in [0.5, 0.6) is 0 Å². The molecule has 3 rings (SSSR count). The van der Waals surface area contributed by atoms with Crippen LogP contribution in [0.3, 0.4) is 0 Å². The smallest absolute Gasteiger partial charge is 0.127 e. The molecule has 1 N–H and O–H groups in total. The lowest BCUT2D eigenvalue weighted by atomic mass is 9.99. The molecular weight excluding hydrogens is 248 g/mol. The highest BCUT2D eigenvalue weighted by Gasteiger charge is 2.28. The third-order valence-corrected chi connectivity index (χ3v) is 4.50. The van der Waals surface area contributed by atoms with Crippen LogP contribution in [0, 0.1) is 0 Å². The second-order valence-electron chi connectivity index (χ2n) is 5.96. The lowest BCUT2D eigenvalue weighted by Gasteiger charge is -2.44. The van der Waals surface area contributed by atoms with Crippen molar-refractivity contribution in [2.75, 3.05) is 42.9 Å². The number of aromatic nitrogens is 1. The maximum absolute atomic E-state index is 4.41. The molecule has 0 aromatic carbocycles. The first kappa shape index (κ1) is 13.7. The fourth-order valence-electron chi connectivity index (χ4n) is 3.36. The lowest BCUT2D eigenvalue weighted by molar-refractivity contribution is 0.133. The van der Waals surface area contributed by atoms with E-state index < -0.39 is 0 Å². The zero-order valence-corrected chi connectivity index (χ0v) is 12.5. The first-order chi connectivity index (χ1) is 9.86. The Balaban J connectivity index is 1.66. The molecule has 0 saturated carbocycles. The zero-order valence-electron chi connectivity index (χ0n) is 12.5. The number of nitrogens with zero attached hydrogens (tertiary/aromatic N) is 3. The molecule has 0 aliphatic carbocycles. The van der Waals surface area contributed by atoms with Crippen molar-refractivity contribution in [1.82, 2.24) is 9.88 Å². The zero-order chi connectivity index (χ0) is 13.8. The standard InChI is InChI=1S/C16H26N4/c1-2-7-17-16-12-14(6-8-18-16)20-11-10-19-9-4-3-5-15(19)13-20/h6,8,12,15H,2-5,7,9-11,13H2,1H3,(H,17,18). The third kappa shape index (κ3) is 3.06. The Hall–Kier alpha value is -1.29. The van der Waals surface area contributed by atoms with Crippen LogP contribution in [0.4, 0.5) is 11.5 Å². The molecule has 0 radical (unpaired) electrons. The van der Waals surface area contributed by atoms with Crippen LogP contribution in [0.1, 0.15) is 32.6 Å². The van der Waals surface area contributed by atoms with Gasteiger partial charge in [0.15, 0.2) is 0 Å². The summed E-state index contributed by atoms with van der Waals surface area (Å²) < 4.78 is 0. The summed E-state index contributed by atoms with van der Waals surface area (Å²) in [6.07, 6.45) is 7.21. The van der Waals surface area contributed by atoms with Crippen LogP contribution in [-0.4, -0.2) is 48.6 Å². The summed E-state index contributed by atoms with van der Waals surface area (Å²) >= 11 is 0. The van der Waals surface area contributed by atoms with Crippen molar-refractivity contribution in [3.05, 3.63) is 18.3 Å². The monoisotopic (exact) mass is 274 g/mol. The normalized spacial score (nSPS) is 23.4. The van der Waals surface area contributed by atoms with Crippen molar-refractivity contribution < 1.29 is 0 Å². The van der Waals surface area contributed by atoms with E-state index in [0.717, 1.165) is 31.4 Å². The van der Waals surface area contributed by atoms with E-state index >= 15 is 0 Å². The Morgan fingerprint density at radius 2 is 2.25 bits per heavy atom. The van der Waals surface area contributed by atoms with Gasteiger partial charge in [0, 0.05) is 50.2 Å². The second kappa shape index (κ2) is 6.44. The molecule has 3 heterocycles. The van der Waals surface area contributed by atoms with Crippen LogP contribution in [0.15, 0.2) is 18.3 Å². The van der Waals surface area contributed by atoms with Gasteiger partial charge in [-0.15, -0.1) is 0 Å². The summed E-state index contributed by atoms with van der Waals surface area (Å²) in [5.41, 5.74) is 1.32. The minimum absolute atomic E-state index is 0.762. The number of piperidine rings is 1. The lowest BCUT2D eigenvalue weighted by Crippen LogP contribution is -2.54. The average molecular weight is 274 g/mol. The number of anilines is 2. The molecule has 1 aromatic heterocycles. The Labute approximate surface area is 122 Å². The fourth-order valence-corrected chi connectivity index (χ4v) is 3.36. The number of hydrogen-bond acceptors (Lipinski definition) is 4. The molecule has 2 saturated heterocycles. The molecule has 2 aliphatic heterocycles. The number of pyridine rings is 1. The molecule has 0 amide bonds. The minimum Gasteiger partial charge on any atom is -0.370 e. The maximum atomic E-state index is 4.41. The van der Waals surface area contributed by atoms with Crippen molar-refractivity contribution in [2.24, 2.45) is 0 Å². The molecule has 20 heavy (non-hydrogen) atoms. The molecule has 110 valence electrons. The van der Waals surface area contributed by atoms with E-state index in [-0.39, 0.29) is 0 Å². The molecule has 1 aromatic rings. The number of hydrogen-bond donors (Lipinski definition) is 1. The first-order valence-electron chi connectivity index (χ1n) is 8.06. The van der Waals surface area contributed by atoms with E-state index in [1.54, 1.807) is 0 Å². The maximum Gasteiger partial charge on any atom is 0.127 e. The summed E-state index contributed by atoms with van der Waals surface area (Å²) in [7, 11) is 0. The van der Waals surface area contributed by atoms with Gasteiger partial charge in [0.05, 0.1) is 0 Å². The van der Waals surface area contributed by atoms with Gasteiger partial charge in [0.1, 0.15) is 5.82 Å². The van der Waals surface area contributed by atoms with Gasteiger partial charge in [-0.1, -0.05) is 13.3 Å². The number of fused-ring (bicyclic) bond motifs is 1. The van der Waals surface area contributed by atoms with E-state index in [1.165, 1.54) is 44.6 Å². The summed E-state index contributed by atoms with van der Waals surface area (Å²) in [5, 5.41) is 3.38. The Morgan fingerprint density at radius 3 is 3.15 bits per heavy atom. The fraction of sp³-hybridized carbons (Fsp3) is 0.688. The topological polar surface area (TPSA) is 31.4 Å². The Kier molecular flexibility index (Phi) is 4.41. The SMILES string of the molecule is CCCNc1cc(N2CCN3CCCCC3C2)ccn1. The summed E-state index contributed by atoms with van der Waals surface area (Å²) in [6, 6.07) is 5.11.